The first-order valence-corrected chi connectivity index (χ1v) is 7.36. The molecular weight excluding hydrogens is 266 g/mol. The average molecular weight is 287 g/mol. The Bertz CT molecular complexity index is 660. The highest BCUT2D eigenvalue weighted by molar-refractivity contribution is 5.90. The summed E-state index contributed by atoms with van der Waals surface area (Å²) in [5.74, 6) is 0.472. The number of carbonyl (C=O) groups excluding carboxylic acids is 1. The molecule has 0 amide bonds. The van der Waals surface area contributed by atoms with Gasteiger partial charge in [-0.2, -0.15) is 0 Å². The molecule has 1 aliphatic rings. The Balaban J connectivity index is 1.90. The lowest BCUT2D eigenvalue weighted by atomic mass is 9.97. The first-order valence-electron chi connectivity index (χ1n) is 7.36. The van der Waals surface area contributed by atoms with E-state index in [1.54, 1.807) is 10.8 Å². The number of nitrogens with zero attached hydrogens (tertiary/aromatic N) is 1. The van der Waals surface area contributed by atoms with Gasteiger partial charge in [-0.05, 0) is 51.0 Å². The summed E-state index contributed by atoms with van der Waals surface area (Å²) in [5, 5.41) is 1.06. The fourth-order valence-electron chi connectivity index (χ4n) is 2.68. The average Bonchev–Trinajstić information content (AvgIpc) is 3.05. The second-order valence-corrected chi connectivity index (χ2v) is 6.54. The van der Waals surface area contributed by atoms with Crippen molar-refractivity contribution in [1.29, 1.82) is 0 Å². The number of carbonyl (C=O) groups is 1. The molecule has 4 heteroatoms. The smallest absolute Gasteiger partial charge is 0.418 e. The molecule has 4 nitrogen and oxygen atoms in total. The van der Waals surface area contributed by atoms with Crippen LogP contribution in [0.5, 0.6) is 0 Å². The van der Waals surface area contributed by atoms with Gasteiger partial charge in [0.1, 0.15) is 5.60 Å². The van der Waals surface area contributed by atoms with E-state index in [2.05, 4.69) is 12.1 Å². The molecule has 2 heterocycles. The van der Waals surface area contributed by atoms with Crippen LogP contribution in [0, 0.1) is 0 Å². The fourth-order valence-corrected chi connectivity index (χ4v) is 2.68. The van der Waals surface area contributed by atoms with Crippen molar-refractivity contribution in [3.05, 3.63) is 36.0 Å². The second kappa shape index (κ2) is 5.19. The number of fused-ring (bicyclic) bond motifs is 1. The van der Waals surface area contributed by atoms with E-state index in [0.717, 1.165) is 30.5 Å². The molecule has 1 aliphatic heterocycles. The molecule has 0 aliphatic carbocycles. The first kappa shape index (κ1) is 14.1. The van der Waals surface area contributed by atoms with Crippen LogP contribution in [0.2, 0.25) is 0 Å². The predicted molar refractivity (Wildman–Crippen MR) is 81.7 cm³/mol. The van der Waals surface area contributed by atoms with Crippen LogP contribution in [0.15, 0.2) is 30.5 Å². The van der Waals surface area contributed by atoms with Gasteiger partial charge in [0, 0.05) is 24.1 Å². The molecule has 1 unspecified atom stereocenters. The molecule has 1 atom stereocenters. The monoisotopic (exact) mass is 287 g/mol. The summed E-state index contributed by atoms with van der Waals surface area (Å²) in [7, 11) is 0. The van der Waals surface area contributed by atoms with Crippen molar-refractivity contribution < 1.29 is 14.3 Å². The van der Waals surface area contributed by atoms with E-state index in [1.807, 2.05) is 32.9 Å². The van der Waals surface area contributed by atoms with Crippen molar-refractivity contribution in [3.8, 4) is 0 Å². The lowest BCUT2D eigenvalue weighted by Gasteiger charge is -2.19. The van der Waals surface area contributed by atoms with E-state index in [4.69, 9.17) is 9.47 Å². The quantitative estimate of drug-likeness (QED) is 0.798. The van der Waals surface area contributed by atoms with Gasteiger partial charge in [0.15, 0.2) is 0 Å². The Labute approximate surface area is 124 Å². The van der Waals surface area contributed by atoms with Gasteiger partial charge in [-0.3, -0.25) is 4.57 Å². The Kier molecular flexibility index (Phi) is 3.49. The van der Waals surface area contributed by atoms with Gasteiger partial charge in [0.2, 0.25) is 0 Å². The van der Waals surface area contributed by atoms with Crippen LogP contribution < -0.4 is 0 Å². The minimum Gasteiger partial charge on any atom is -0.443 e. The Morgan fingerprint density at radius 3 is 2.81 bits per heavy atom. The minimum absolute atomic E-state index is 0.338. The molecule has 0 spiro atoms. The Morgan fingerprint density at radius 2 is 2.14 bits per heavy atom. The van der Waals surface area contributed by atoms with E-state index in [9.17, 15) is 4.79 Å². The van der Waals surface area contributed by atoms with Gasteiger partial charge in [0.25, 0.3) is 0 Å². The van der Waals surface area contributed by atoms with Crippen molar-refractivity contribution in [2.75, 3.05) is 13.2 Å². The molecule has 3 rings (SSSR count). The maximum atomic E-state index is 12.2. The minimum atomic E-state index is -0.491. The highest BCUT2D eigenvalue weighted by Gasteiger charge is 2.21. The first-order chi connectivity index (χ1) is 9.94. The maximum absolute atomic E-state index is 12.2. The number of ether oxygens (including phenoxy) is 2. The van der Waals surface area contributed by atoms with Crippen LogP contribution in [-0.4, -0.2) is 29.5 Å². The number of aromatic nitrogens is 1. The summed E-state index contributed by atoms with van der Waals surface area (Å²) in [6.07, 6.45) is 2.50. The molecule has 21 heavy (non-hydrogen) atoms. The molecule has 1 fully saturated rings. The van der Waals surface area contributed by atoms with E-state index in [1.165, 1.54) is 5.56 Å². The summed E-state index contributed by atoms with van der Waals surface area (Å²) >= 11 is 0. The molecule has 1 saturated heterocycles. The molecule has 0 bridgehead atoms. The third kappa shape index (κ3) is 2.95. The standard InChI is InChI=1S/C17H21NO3/c1-17(2,3)21-16(19)18-8-6-13-10-12(4-5-15(13)18)14-7-9-20-11-14/h4-6,8,10,14H,7,9,11H2,1-3H3. The molecular formula is C17H21NO3. The van der Waals surface area contributed by atoms with Crippen molar-refractivity contribution >= 4 is 17.0 Å². The highest BCUT2D eigenvalue weighted by Crippen LogP contribution is 2.28. The van der Waals surface area contributed by atoms with Crippen LogP contribution in [0.4, 0.5) is 4.79 Å². The second-order valence-electron chi connectivity index (χ2n) is 6.54. The van der Waals surface area contributed by atoms with Gasteiger partial charge in [0.05, 0.1) is 12.1 Å². The summed E-state index contributed by atoms with van der Waals surface area (Å²) in [5.41, 5.74) is 1.67. The number of benzene rings is 1. The lowest BCUT2D eigenvalue weighted by molar-refractivity contribution is 0.0544. The van der Waals surface area contributed by atoms with E-state index >= 15 is 0 Å². The van der Waals surface area contributed by atoms with Gasteiger partial charge in [-0.15, -0.1) is 0 Å². The Morgan fingerprint density at radius 1 is 1.33 bits per heavy atom. The van der Waals surface area contributed by atoms with Crippen molar-refractivity contribution in [2.45, 2.75) is 38.7 Å². The van der Waals surface area contributed by atoms with Crippen LogP contribution >= 0.6 is 0 Å². The van der Waals surface area contributed by atoms with Gasteiger partial charge in [-0.25, -0.2) is 4.79 Å². The van der Waals surface area contributed by atoms with Crippen LogP contribution in [0.1, 0.15) is 38.7 Å². The van der Waals surface area contributed by atoms with Crippen LogP contribution in [0.3, 0.4) is 0 Å². The van der Waals surface area contributed by atoms with Crippen molar-refractivity contribution in [2.24, 2.45) is 0 Å². The van der Waals surface area contributed by atoms with E-state index in [0.29, 0.717) is 5.92 Å². The SMILES string of the molecule is CC(C)(C)OC(=O)n1ccc2cc(C3CCOC3)ccc21. The normalized spacial score (nSPS) is 19.1. The zero-order chi connectivity index (χ0) is 15.0. The lowest BCUT2D eigenvalue weighted by Crippen LogP contribution is -2.26. The Hall–Kier alpha value is -1.81. The molecule has 2 aromatic rings. The molecule has 1 aromatic carbocycles. The zero-order valence-electron chi connectivity index (χ0n) is 12.8. The third-order valence-corrected chi connectivity index (χ3v) is 3.71. The third-order valence-electron chi connectivity index (χ3n) is 3.71. The summed E-state index contributed by atoms with van der Waals surface area (Å²) < 4.78 is 12.4. The topological polar surface area (TPSA) is 40.5 Å². The fraction of sp³-hybridized carbons (Fsp3) is 0.471. The van der Waals surface area contributed by atoms with E-state index < -0.39 is 5.60 Å². The maximum Gasteiger partial charge on any atom is 0.418 e. The number of hydrogen-bond acceptors (Lipinski definition) is 3. The van der Waals surface area contributed by atoms with Crippen LogP contribution in [0.25, 0.3) is 10.9 Å². The summed E-state index contributed by atoms with van der Waals surface area (Å²) in [4.78, 5) is 12.2. The largest absolute Gasteiger partial charge is 0.443 e. The zero-order valence-corrected chi connectivity index (χ0v) is 12.8. The van der Waals surface area contributed by atoms with Gasteiger partial charge < -0.3 is 9.47 Å². The van der Waals surface area contributed by atoms with Gasteiger partial charge in [-0.1, -0.05) is 6.07 Å². The molecule has 0 N–H and O–H groups in total. The van der Waals surface area contributed by atoms with Crippen molar-refractivity contribution in [3.63, 3.8) is 0 Å². The number of hydrogen-bond donors (Lipinski definition) is 0. The molecule has 1 aromatic heterocycles. The number of rotatable bonds is 1. The van der Waals surface area contributed by atoms with E-state index in [-0.39, 0.29) is 6.09 Å². The summed E-state index contributed by atoms with van der Waals surface area (Å²) in [6, 6.07) is 8.18. The highest BCUT2D eigenvalue weighted by atomic mass is 16.6. The molecule has 112 valence electrons. The van der Waals surface area contributed by atoms with Crippen LogP contribution in [-0.2, 0) is 9.47 Å². The van der Waals surface area contributed by atoms with Crippen molar-refractivity contribution in [1.82, 2.24) is 4.57 Å². The predicted octanol–water partition coefficient (Wildman–Crippen LogP) is 3.93. The molecule has 0 saturated carbocycles. The molecule has 0 radical (unpaired) electrons. The van der Waals surface area contributed by atoms with Gasteiger partial charge >= 0.3 is 6.09 Å². The summed E-state index contributed by atoms with van der Waals surface area (Å²) in [6.45, 7) is 7.23.